The highest BCUT2D eigenvalue weighted by molar-refractivity contribution is 6.30. The number of carbonyl (C=O) groups is 1. The Balaban J connectivity index is 1.76. The normalized spacial score (nSPS) is 20.0. The lowest BCUT2D eigenvalue weighted by molar-refractivity contribution is -0.122. The van der Waals surface area contributed by atoms with Gasteiger partial charge in [-0.1, -0.05) is 23.7 Å². The minimum Gasteiger partial charge on any atom is -0.352 e. The second kappa shape index (κ2) is 6.21. The van der Waals surface area contributed by atoms with E-state index in [9.17, 15) is 4.79 Å². The third kappa shape index (κ3) is 3.72. The summed E-state index contributed by atoms with van der Waals surface area (Å²) in [7, 11) is 2.09. The fourth-order valence-electron chi connectivity index (χ4n) is 2.33. The van der Waals surface area contributed by atoms with Gasteiger partial charge in [0.2, 0.25) is 5.91 Å². The van der Waals surface area contributed by atoms with E-state index in [0.29, 0.717) is 19.0 Å². The SMILES string of the molecule is CN1CCCC1CC(=O)NCc1ccc(Cl)cc1. The van der Waals surface area contributed by atoms with Crippen LogP contribution in [0.4, 0.5) is 0 Å². The fraction of sp³-hybridized carbons (Fsp3) is 0.500. The molecule has 0 aliphatic carbocycles. The molecule has 98 valence electrons. The zero-order valence-electron chi connectivity index (χ0n) is 10.7. The quantitative estimate of drug-likeness (QED) is 0.908. The van der Waals surface area contributed by atoms with Crippen LogP contribution < -0.4 is 5.32 Å². The molecule has 1 aromatic carbocycles. The molecule has 1 fully saturated rings. The van der Waals surface area contributed by atoms with Crippen molar-refractivity contribution in [2.24, 2.45) is 0 Å². The molecule has 1 unspecified atom stereocenters. The number of amides is 1. The van der Waals surface area contributed by atoms with Crippen molar-refractivity contribution in [3.8, 4) is 0 Å². The Morgan fingerprint density at radius 1 is 1.44 bits per heavy atom. The van der Waals surface area contributed by atoms with E-state index in [1.165, 1.54) is 6.42 Å². The van der Waals surface area contributed by atoms with Gasteiger partial charge in [-0.3, -0.25) is 4.79 Å². The lowest BCUT2D eigenvalue weighted by atomic mass is 10.1. The lowest BCUT2D eigenvalue weighted by Crippen LogP contribution is -2.32. The molecule has 1 aliphatic heterocycles. The van der Waals surface area contributed by atoms with E-state index in [2.05, 4.69) is 17.3 Å². The number of likely N-dealkylation sites (tertiary alicyclic amines) is 1. The highest BCUT2D eigenvalue weighted by atomic mass is 35.5. The van der Waals surface area contributed by atoms with Gasteiger partial charge in [-0.2, -0.15) is 0 Å². The largest absolute Gasteiger partial charge is 0.352 e. The number of nitrogens with zero attached hydrogens (tertiary/aromatic N) is 1. The number of nitrogens with one attached hydrogen (secondary N) is 1. The molecule has 0 saturated carbocycles. The Hall–Kier alpha value is -1.06. The van der Waals surface area contributed by atoms with Crippen molar-refractivity contribution in [3.05, 3.63) is 34.9 Å². The third-order valence-electron chi connectivity index (χ3n) is 3.50. The first-order valence-electron chi connectivity index (χ1n) is 6.36. The van der Waals surface area contributed by atoms with Crippen LogP contribution >= 0.6 is 11.6 Å². The van der Waals surface area contributed by atoms with Gasteiger partial charge in [0.05, 0.1) is 0 Å². The maximum absolute atomic E-state index is 11.8. The summed E-state index contributed by atoms with van der Waals surface area (Å²) >= 11 is 5.81. The van der Waals surface area contributed by atoms with Crippen LogP contribution in [0.3, 0.4) is 0 Å². The second-order valence-electron chi connectivity index (χ2n) is 4.88. The second-order valence-corrected chi connectivity index (χ2v) is 5.32. The molecule has 18 heavy (non-hydrogen) atoms. The van der Waals surface area contributed by atoms with Crippen molar-refractivity contribution in [1.82, 2.24) is 10.2 Å². The standard InChI is InChI=1S/C14H19ClN2O/c1-17-8-2-3-13(17)9-14(18)16-10-11-4-6-12(15)7-5-11/h4-7,13H,2-3,8-10H2,1H3,(H,16,18). The minimum atomic E-state index is 0.128. The molecule has 1 atom stereocenters. The number of hydrogen-bond acceptors (Lipinski definition) is 2. The number of benzene rings is 1. The van der Waals surface area contributed by atoms with E-state index >= 15 is 0 Å². The molecule has 4 heteroatoms. The molecule has 1 heterocycles. The van der Waals surface area contributed by atoms with Gasteiger partial charge in [-0.15, -0.1) is 0 Å². The Bertz CT molecular complexity index is 405. The summed E-state index contributed by atoms with van der Waals surface area (Å²) in [6.45, 7) is 1.68. The molecular weight excluding hydrogens is 248 g/mol. The molecule has 1 N–H and O–H groups in total. The van der Waals surface area contributed by atoms with Gasteiger partial charge in [-0.05, 0) is 44.1 Å². The molecule has 0 aromatic heterocycles. The van der Waals surface area contributed by atoms with Crippen LogP contribution in [0, 0.1) is 0 Å². The summed E-state index contributed by atoms with van der Waals surface area (Å²) in [6.07, 6.45) is 2.93. The Morgan fingerprint density at radius 3 is 2.78 bits per heavy atom. The van der Waals surface area contributed by atoms with Crippen molar-refractivity contribution in [2.75, 3.05) is 13.6 Å². The molecule has 2 rings (SSSR count). The first-order chi connectivity index (χ1) is 8.65. The maximum atomic E-state index is 11.8. The van der Waals surface area contributed by atoms with E-state index in [-0.39, 0.29) is 5.91 Å². The molecule has 1 amide bonds. The summed E-state index contributed by atoms with van der Waals surface area (Å²) < 4.78 is 0. The molecule has 0 spiro atoms. The summed E-state index contributed by atoms with van der Waals surface area (Å²) in [5, 5.41) is 3.68. The minimum absolute atomic E-state index is 0.128. The van der Waals surface area contributed by atoms with Gasteiger partial charge in [0.15, 0.2) is 0 Å². The Labute approximate surface area is 113 Å². The molecule has 0 bridgehead atoms. The van der Waals surface area contributed by atoms with Gasteiger partial charge >= 0.3 is 0 Å². The highest BCUT2D eigenvalue weighted by Crippen LogP contribution is 2.17. The van der Waals surface area contributed by atoms with E-state index in [1.54, 1.807) is 0 Å². The molecule has 3 nitrogen and oxygen atoms in total. The topological polar surface area (TPSA) is 32.3 Å². The molecule has 0 radical (unpaired) electrons. The maximum Gasteiger partial charge on any atom is 0.221 e. The fourth-order valence-corrected chi connectivity index (χ4v) is 2.45. The van der Waals surface area contributed by atoms with Crippen LogP contribution in [0.1, 0.15) is 24.8 Å². The van der Waals surface area contributed by atoms with E-state index in [1.807, 2.05) is 24.3 Å². The first kappa shape index (κ1) is 13.4. The van der Waals surface area contributed by atoms with E-state index in [4.69, 9.17) is 11.6 Å². The molecule has 1 saturated heterocycles. The van der Waals surface area contributed by atoms with Crippen LogP contribution in [0.2, 0.25) is 5.02 Å². The lowest BCUT2D eigenvalue weighted by Gasteiger charge is -2.18. The van der Waals surface area contributed by atoms with Crippen molar-refractivity contribution in [2.45, 2.75) is 31.8 Å². The van der Waals surface area contributed by atoms with Crippen LogP contribution in [0.25, 0.3) is 0 Å². The summed E-state index contributed by atoms with van der Waals surface area (Å²) in [6, 6.07) is 7.96. The summed E-state index contributed by atoms with van der Waals surface area (Å²) in [5.41, 5.74) is 1.08. The zero-order valence-corrected chi connectivity index (χ0v) is 11.4. The van der Waals surface area contributed by atoms with Gasteiger partial charge in [0.1, 0.15) is 0 Å². The van der Waals surface area contributed by atoms with Crippen LogP contribution in [0.15, 0.2) is 24.3 Å². The molecule has 1 aromatic rings. The molecular formula is C14H19ClN2O. The number of rotatable bonds is 4. The van der Waals surface area contributed by atoms with E-state index < -0.39 is 0 Å². The average Bonchev–Trinajstić information content (AvgIpc) is 2.74. The number of carbonyl (C=O) groups excluding carboxylic acids is 1. The predicted molar refractivity (Wildman–Crippen MR) is 73.6 cm³/mol. The summed E-state index contributed by atoms with van der Waals surface area (Å²) in [4.78, 5) is 14.1. The van der Waals surface area contributed by atoms with Gasteiger partial charge in [0.25, 0.3) is 0 Å². The predicted octanol–water partition coefficient (Wildman–Crippen LogP) is 2.44. The third-order valence-corrected chi connectivity index (χ3v) is 3.75. The zero-order chi connectivity index (χ0) is 13.0. The van der Waals surface area contributed by atoms with Crippen molar-refractivity contribution in [1.29, 1.82) is 0 Å². The highest BCUT2D eigenvalue weighted by Gasteiger charge is 2.23. The Kier molecular flexibility index (Phi) is 4.61. The van der Waals surface area contributed by atoms with Crippen molar-refractivity contribution >= 4 is 17.5 Å². The monoisotopic (exact) mass is 266 g/mol. The Morgan fingerprint density at radius 2 is 2.17 bits per heavy atom. The van der Waals surface area contributed by atoms with Crippen LogP contribution in [-0.2, 0) is 11.3 Å². The smallest absolute Gasteiger partial charge is 0.221 e. The van der Waals surface area contributed by atoms with Gasteiger partial charge in [0, 0.05) is 24.0 Å². The van der Waals surface area contributed by atoms with Crippen LogP contribution in [-0.4, -0.2) is 30.4 Å². The van der Waals surface area contributed by atoms with Crippen LogP contribution in [0.5, 0.6) is 0 Å². The number of hydrogen-bond donors (Lipinski definition) is 1. The van der Waals surface area contributed by atoms with E-state index in [0.717, 1.165) is 23.6 Å². The first-order valence-corrected chi connectivity index (χ1v) is 6.74. The van der Waals surface area contributed by atoms with Gasteiger partial charge in [-0.25, -0.2) is 0 Å². The molecule has 1 aliphatic rings. The average molecular weight is 267 g/mol. The van der Waals surface area contributed by atoms with Gasteiger partial charge < -0.3 is 10.2 Å². The number of halogens is 1. The van der Waals surface area contributed by atoms with Crippen molar-refractivity contribution < 1.29 is 4.79 Å². The summed E-state index contributed by atoms with van der Waals surface area (Å²) in [5.74, 6) is 0.128. The van der Waals surface area contributed by atoms with Crippen molar-refractivity contribution in [3.63, 3.8) is 0 Å².